The lowest BCUT2D eigenvalue weighted by Crippen LogP contribution is -2.51. The van der Waals surface area contributed by atoms with Gasteiger partial charge in [0.05, 0.1) is 5.69 Å². The number of rotatable bonds is 5. The highest BCUT2D eigenvalue weighted by atomic mass is 32.1. The highest BCUT2D eigenvalue weighted by Crippen LogP contribution is 2.22. The second kappa shape index (κ2) is 5.89. The van der Waals surface area contributed by atoms with Crippen molar-refractivity contribution in [3.8, 4) is 0 Å². The predicted octanol–water partition coefficient (Wildman–Crippen LogP) is 2.38. The zero-order valence-electron chi connectivity index (χ0n) is 12.0. The fourth-order valence-corrected chi connectivity index (χ4v) is 3.30. The van der Waals surface area contributed by atoms with Gasteiger partial charge in [-0.05, 0) is 43.0 Å². The maximum Gasteiger partial charge on any atom is 0.151 e. The quantitative estimate of drug-likeness (QED) is 0.917. The molecular weight excluding hydrogens is 268 g/mol. The molecule has 1 aliphatic rings. The van der Waals surface area contributed by atoms with Gasteiger partial charge in [-0.3, -0.25) is 0 Å². The average Bonchev–Trinajstić information content (AvgIpc) is 2.79. The van der Waals surface area contributed by atoms with Crippen LogP contribution in [0.4, 0.5) is 5.82 Å². The predicted molar refractivity (Wildman–Crippen MR) is 83.2 cm³/mol. The van der Waals surface area contributed by atoms with Crippen LogP contribution in [0.5, 0.6) is 0 Å². The van der Waals surface area contributed by atoms with Crippen LogP contribution < -0.4 is 10.2 Å². The van der Waals surface area contributed by atoms with Crippen molar-refractivity contribution < 1.29 is 0 Å². The van der Waals surface area contributed by atoms with E-state index in [1.165, 1.54) is 10.4 Å². The summed E-state index contributed by atoms with van der Waals surface area (Å²) in [5, 5.41) is 14.1. The number of hydrogen-bond donors (Lipinski definition) is 1. The molecule has 0 saturated carbocycles. The van der Waals surface area contributed by atoms with Gasteiger partial charge in [-0.1, -0.05) is 0 Å². The van der Waals surface area contributed by atoms with E-state index in [2.05, 4.69) is 44.9 Å². The number of nitrogens with one attached hydrogen (secondary N) is 1. The molecule has 0 spiro atoms. The molecule has 1 N–H and O–H groups in total. The molecule has 1 fully saturated rings. The molecule has 0 aromatic carbocycles. The number of aryl methyl sites for hydroxylation is 2. The van der Waals surface area contributed by atoms with Crippen LogP contribution in [0, 0.1) is 19.8 Å². The van der Waals surface area contributed by atoms with Crippen LogP contribution in [0.3, 0.4) is 0 Å². The lowest BCUT2D eigenvalue weighted by Gasteiger charge is -2.40. The molecule has 0 amide bonds. The molecule has 0 atom stereocenters. The summed E-state index contributed by atoms with van der Waals surface area (Å²) >= 11 is 1.83. The smallest absolute Gasteiger partial charge is 0.151 e. The first-order valence-corrected chi connectivity index (χ1v) is 7.89. The largest absolute Gasteiger partial charge is 0.354 e. The lowest BCUT2D eigenvalue weighted by atomic mass is 10.0. The zero-order valence-corrected chi connectivity index (χ0v) is 12.8. The van der Waals surface area contributed by atoms with Gasteiger partial charge in [0.15, 0.2) is 5.82 Å². The van der Waals surface area contributed by atoms with Crippen molar-refractivity contribution in [2.45, 2.75) is 20.4 Å². The molecule has 5 heteroatoms. The van der Waals surface area contributed by atoms with Gasteiger partial charge in [0.2, 0.25) is 0 Å². The first kappa shape index (κ1) is 13.5. The Hall–Kier alpha value is -1.46. The maximum atomic E-state index is 4.22. The summed E-state index contributed by atoms with van der Waals surface area (Å²) in [5.74, 6) is 1.72. The summed E-state index contributed by atoms with van der Waals surface area (Å²) in [6.07, 6.45) is 0. The maximum absolute atomic E-state index is 4.22. The molecule has 2 aromatic rings. The Labute approximate surface area is 123 Å². The highest BCUT2D eigenvalue weighted by Gasteiger charge is 2.27. The van der Waals surface area contributed by atoms with Crippen LogP contribution in [-0.2, 0) is 6.54 Å². The van der Waals surface area contributed by atoms with Crippen LogP contribution in [0.2, 0.25) is 0 Å². The standard InChI is InChI=1S/C15H20N4S/c1-11-5-6-20-14(11)8-16-7-13-9-19(10-13)15-4-3-12(2)17-18-15/h3-6,13,16H,7-10H2,1-2H3. The minimum absolute atomic E-state index is 0.721. The van der Waals surface area contributed by atoms with Crippen LogP contribution >= 0.6 is 11.3 Å². The third-order valence-electron chi connectivity index (χ3n) is 3.75. The molecule has 4 nitrogen and oxygen atoms in total. The van der Waals surface area contributed by atoms with Crippen molar-refractivity contribution in [2.75, 3.05) is 24.5 Å². The van der Waals surface area contributed by atoms with Crippen LogP contribution in [0.15, 0.2) is 23.6 Å². The number of hydrogen-bond acceptors (Lipinski definition) is 5. The van der Waals surface area contributed by atoms with Gasteiger partial charge in [-0.25, -0.2) is 0 Å². The minimum atomic E-state index is 0.721. The highest BCUT2D eigenvalue weighted by molar-refractivity contribution is 7.10. The molecule has 20 heavy (non-hydrogen) atoms. The van der Waals surface area contributed by atoms with E-state index >= 15 is 0 Å². The summed E-state index contributed by atoms with van der Waals surface area (Å²) in [6.45, 7) is 8.36. The van der Waals surface area contributed by atoms with E-state index in [9.17, 15) is 0 Å². The van der Waals surface area contributed by atoms with Crippen LogP contribution in [0.1, 0.15) is 16.1 Å². The summed E-state index contributed by atoms with van der Waals surface area (Å²) in [4.78, 5) is 3.74. The molecule has 1 aliphatic heterocycles. The third kappa shape index (κ3) is 2.99. The molecule has 3 heterocycles. The Balaban J connectivity index is 1.40. The Bertz CT molecular complexity index is 558. The Morgan fingerprint density at radius 3 is 2.75 bits per heavy atom. The zero-order chi connectivity index (χ0) is 13.9. The van der Waals surface area contributed by atoms with Gasteiger partial charge in [-0.15, -0.1) is 16.4 Å². The van der Waals surface area contributed by atoms with E-state index in [0.29, 0.717) is 0 Å². The minimum Gasteiger partial charge on any atom is -0.354 e. The van der Waals surface area contributed by atoms with Gasteiger partial charge in [-0.2, -0.15) is 5.10 Å². The molecule has 3 rings (SSSR count). The Morgan fingerprint density at radius 2 is 2.10 bits per heavy atom. The fraction of sp³-hybridized carbons (Fsp3) is 0.467. The summed E-state index contributed by atoms with van der Waals surface area (Å²) in [6, 6.07) is 6.26. The van der Waals surface area contributed by atoms with Crippen molar-refractivity contribution in [1.82, 2.24) is 15.5 Å². The molecule has 2 aromatic heterocycles. The second-order valence-corrected chi connectivity index (χ2v) is 6.46. The summed E-state index contributed by atoms with van der Waals surface area (Å²) < 4.78 is 0. The molecule has 106 valence electrons. The molecular formula is C15H20N4S. The molecule has 0 radical (unpaired) electrons. The van der Waals surface area contributed by atoms with E-state index in [-0.39, 0.29) is 0 Å². The molecule has 1 saturated heterocycles. The normalized spacial score (nSPS) is 15.4. The summed E-state index contributed by atoms with van der Waals surface area (Å²) in [5.41, 5.74) is 2.37. The van der Waals surface area contributed by atoms with Crippen molar-refractivity contribution >= 4 is 17.2 Å². The molecule has 0 bridgehead atoms. The Morgan fingerprint density at radius 1 is 1.25 bits per heavy atom. The van der Waals surface area contributed by atoms with Gasteiger partial charge < -0.3 is 10.2 Å². The third-order valence-corrected chi connectivity index (χ3v) is 4.77. The first-order chi connectivity index (χ1) is 9.72. The first-order valence-electron chi connectivity index (χ1n) is 7.01. The van der Waals surface area contributed by atoms with Crippen LogP contribution in [-0.4, -0.2) is 29.8 Å². The van der Waals surface area contributed by atoms with Crippen molar-refractivity contribution in [3.63, 3.8) is 0 Å². The number of nitrogens with zero attached hydrogens (tertiary/aromatic N) is 3. The van der Waals surface area contributed by atoms with Gasteiger partial charge in [0, 0.05) is 37.0 Å². The van der Waals surface area contributed by atoms with E-state index in [0.717, 1.165) is 43.6 Å². The number of thiophene rings is 1. The van der Waals surface area contributed by atoms with Gasteiger partial charge >= 0.3 is 0 Å². The fourth-order valence-electron chi connectivity index (χ4n) is 2.42. The number of anilines is 1. The number of aromatic nitrogens is 2. The van der Waals surface area contributed by atoms with Crippen molar-refractivity contribution in [2.24, 2.45) is 5.92 Å². The van der Waals surface area contributed by atoms with E-state index in [4.69, 9.17) is 0 Å². The second-order valence-electron chi connectivity index (χ2n) is 5.46. The monoisotopic (exact) mass is 288 g/mol. The van der Waals surface area contributed by atoms with E-state index in [1.54, 1.807) is 0 Å². The van der Waals surface area contributed by atoms with E-state index < -0.39 is 0 Å². The van der Waals surface area contributed by atoms with Gasteiger partial charge in [0.1, 0.15) is 0 Å². The van der Waals surface area contributed by atoms with Crippen molar-refractivity contribution in [1.29, 1.82) is 0 Å². The SMILES string of the molecule is Cc1ccc(N2CC(CNCc3sccc3C)C2)nn1. The topological polar surface area (TPSA) is 41.0 Å². The van der Waals surface area contributed by atoms with Gasteiger partial charge in [0.25, 0.3) is 0 Å². The lowest BCUT2D eigenvalue weighted by molar-refractivity contribution is 0.382. The van der Waals surface area contributed by atoms with Crippen molar-refractivity contribution in [3.05, 3.63) is 39.7 Å². The average molecular weight is 288 g/mol. The van der Waals surface area contributed by atoms with Crippen LogP contribution in [0.25, 0.3) is 0 Å². The Kier molecular flexibility index (Phi) is 3.98. The summed E-state index contributed by atoms with van der Waals surface area (Å²) in [7, 11) is 0. The molecule has 0 unspecified atom stereocenters. The van der Waals surface area contributed by atoms with E-state index in [1.807, 2.05) is 24.3 Å². The molecule has 0 aliphatic carbocycles.